The highest BCUT2D eigenvalue weighted by Crippen LogP contribution is 2.30. The second-order valence-corrected chi connectivity index (χ2v) is 7.16. The van der Waals surface area contributed by atoms with Crippen LogP contribution in [0, 0.1) is 5.82 Å². The van der Waals surface area contributed by atoms with Crippen molar-refractivity contribution in [1.82, 2.24) is 5.32 Å². The van der Waals surface area contributed by atoms with Gasteiger partial charge in [0.2, 0.25) is 10.0 Å². The number of alkyl carbamates (subject to hydrolysis) is 1. The van der Waals surface area contributed by atoms with Crippen LogP contribution < -0.4 is 10.5 Å². The fourth-order valence-electron chi connectivity index (χ4n) is 2.45. The normalized spacial score (nSPS) is 17.5. The van der Waals surface area contributed by atoms with Gasteiger partial charge in [-0.3, -0.25) is 0 Å². The maximum Gasteiger partial charge on any atom is 0.407 e. The number of amides is 1. The molecule has 0 radical (unpaired) electrons. The number of hydrogen-bond donors (Lipinski definition) is 2. The molecule has 6 nitrogen and oxygen atoms in total. The number of nitrogens with one attached hydrogen (secondary N) is 1. The SMILES string of the molecule is NS(=O)(=O)c1ccc(-c2ccc(C3COC(=O)N3)c(F)c2)cc1Cl. The van der Waals surface area contributed by atoms with Crippen LogP contribution in [0.2, 0.25) is 5.02 Å². The van der Waals surface area contributed by atoms with Crippen molar-refractivity contribution in [3.05, 3.63) is 52.8 Å². The lowest BCUT2D eigenvalue weighted by Gasteiger charge is -2.11. The molecular formula is C15H12ClFN2O4S. The van der Waals surface area contributed by atoms with E-state index in [4.69, 9.17) is 21.5 Å². The molecule has 2 aromatic carbocycles. The summed E-state index contributed by atoms with van der Waals surface area (Å²) in [7, 11) is -3.92. The second kappa shape index (κ2) is 6.04. The molecule has 1 fully saturated rings. The van der Waals surface area contributed by atoms with E-state index in [1.54, 1.807) is 6.07 Å². The number of primary sulfonamides is 1. The second-order valence-electron chi connectivity index (χ2n) is 5.22. The van der Waals surface area contributed by atoms with E-state index in [1.165, 1.54) is 30.3 Å². The van der Waals surface area contributed by atoms with Crippen LogP contribution in [0.4, 0.5) is 9.18 Å². The van der Waals surface area contributed by atoms with Gasteiger partial charge >= 0.3 is 6.09 Å². The summed E-state index contributed by atoms with van der Waals surface area (Å²) in [5.41, 5.74) is 1.34. The molecule has 3 rings (SSSR count). The van der Waals surface area contributed by atoms with Crippen LogP contribution >= 0.6 is 11.6 Å². The number of cyclic esters (lactones) is 1. The maximum atomic E-state index is 14.3. The smallest absolute Gasteiger partial charge is 0.407 e. The first-order chi connectivity index (χ1) is 11.3. The summed E-state index contributed by atoms with van der Waals surface area (Å²) in [5.74, 6) is -0.519. The highest BCUT2D eigenvalue weighted by molar-refractivity contribution is 7.89. The number of benzene rings is 2. The Labute approximate surface area is 142 Å². The molecule has 1 heterocycles. The van der Waals surface area contributed by atoms with Crippen LogP contribution in [0.5, 0.6) is 0 Å². The van der Waals surface area contributed by atoms with Gasteiger partial charge in [-0.15, -0.1) is 0 Å². The summed E-state index contributed by atoms with van der Waals surface area (Å²) in [5, 5.41) is 7.51. The minimum Gasteiger partial charge on any atom is -0.447 e. The summed E-state index contributed by atoms with van der Waals surface area (Å²) in [6, 6.07) is 8.07. The molecule has 0 aliphatic carbocycles. The largest absolute Gasteiger partial charge is 0.447 e. The third-order valence-corrected chi connectivity index (χ3v) is 5.01. The molecule has 1 aliphatic heterocycles. The van der Waals surface area contributed by atoms with E-state index in [0.29, 0.717) is 16.7 Å². The molecule has 1 atom stereocenters. The molecule has 1 amide bonds. The van der Waals surface area contributed by atoms with Gasteiger partial charge < -0.3 is 10.1 Å². The summed E-state index contributed by atoms with van der Waals surface area (Å²) < 4.78 is 41.8. The van der Waals surface area contributed by atoms with Gasteiger partial charge in [0.1, 0.15) is 17.3 Å². The van der Waals surface area contributed by atoms with E-state index >= 15 is 0 Å². The fraction of sp³-hybridized carbons (Fsp3) is 0.133. The van der Waals surface area contributed by atoms with Crippen LogP contribution in [0.25, 0.3) is 11.1 Å². The molecule has 1 aliphatic rings. The predicted octanol–water partition coefficient (Wildman–Crippen LogP) is 2.57. The van der Waals surface area contributed by atoms with Gasteiger partial charge in [-0.1, -0.05) is 29.8 Å². The van der Waals surface area contributed by atoms with Crippen molar-refractivity contribution < 1.29 is 22.3 Å². The number of carbonyl (C=O) groups is 1. The predicted molar refractivity (Wildman–Crippen MR) is 85.4 cm³/mol. The first-order valence-electron chi connectivity index (χ1n) is 6.81. The Kier molecular flexibility index (Phi) is 4.20. The zero-order valence-corrected chi connectivity index (χ0v) is 13.7. The number of carbonyl (C=O) groups excluding carboxylic acids is 1. The minimum absolute atomic E-state index is 0.0454. The maximum absolute atomic E-state index is 14.3. The van der Waals surface area contributed by atoms with Gasteiger partial charge in [-0.05, 0) is 29.3 Å². The molecule has 1 saturated heterocycles. The quantitative estimate of drug-likeness (QED) is 0.867. The Morgan fingerprint density at radius 1 is 1.21 bits per heavy atom. The number of nitrogens with two attached hydrogens (primary N) is 1. The molecule has 0 bridgehead atoms. The number of hydrogen-bond acceptors (Lipinski definition) is 4. The fourth-order valence-corrected chi connectivity index (χ4v) is 3.54. The van der Waals surface area contributed by atoms with Crippen LogP contribution in [0.1, 0.15) is 11.6 Å². The van der Waals surface area contributed by atoms with Crippen molar-refractivity contribution in [1.29, 1.82) is 0 Å². The van der Waals surface area contributed by atoms with Gasteiger partial charge in [0.15, 0.2) is 0 Å². The molecule has 126 valence electrons. The van der Waals surface area contributed by atoms with Crippen molar-refractivity contribution in [2.24, 2.45) is 5.14 Å². The summed E-state index contributed by atoms with van der Waals surface area (Å²) in [6.45, 7) is 0.0595. The van der Waals surface area contributed by atoms with E-state index in [2.05, 4.69) is 5.32 Å². The lowest BCUT2D eigenvalue weighted by Crippen LogP contribution is -2.19. The number of rotatable bonds is 3. The molecular weight excluding hydrogens is 359 g/mol. The van der Waals surface area contributed by atoms with E-state index in [1.807, 2.05) is 0 Å². The highest BCUT2D eigenvalue weighted by atomic mass is 35.5. The third-order valence-electron chi connectivity index (χ3n) is 3.62. The average molecular weight is 371 g/mol. The summed E-state index contributed by atoms with van der Waals surface area (Å²) in [6.07, 6.45) is -0.589. The summed E-state index contributed by atoms with van der Waals surface area (Å²) in [4.78, 5) is 10.8. The molecule has 24 heavy (non-hydrogen) atoms. The number of ether oxygens (including phenoxy) is 1. The lowest BCUT2D eigenvalue weighted by atomic mass is 10.0. The Hall–Kier alpha value is -2.16. The van der Waals surface area contributed by atoms with Crippen LogP contribution in [-0.4, -0.2) is 21.1 Å². The topological polar surface area (TPSA) is 98.5 Å². The van der Waals surface area contributed by atoms with E-state index in [9.17, 15) is 17.6 Å². The van der Waals surface area contributed by atoms with E-state index in [-0.39, 0.29) is 16.5 Å². The van der Waals surface area contributed by atoms with Crippen molar-refractivity contribution in [2.75, 3.05) is 6.61 Å². The van der Waals surface area contributed by atoms with E-state index in [0.717, 1.165) is 0 Å². The zero-order valence-electron chi connectivity index (χ0n) is 12.1. The van der Waals surface area contributed by atoms with Crippen LogP contribution in [0.3, 0.4) is 0 Å². The van der Waals surface area contributed by atoms with Gasteiger partial charge in [0, 0.05) is 5.56 Å². The Morgan fingerprint density at radius 3 is 2.42 bits per heavy atom. The minimum atomic E-state index is -3.92. The first-order valence-corrected chi connectivity index (χ1v) is 8.73. The molecule has 3 N–H and O–H groups in total. The molecule has 2 aromatic rings. The third kappa shape index (κ3) is 3.21. The Balaban J connectivity index is 1.95. The monoisotopic (exact) mass is 370 g/mol. The highest BCUT2D eigenvalue weighted by Gasteiger charge is 2.26. The van der Waals surface area contributed by atoms with Crippen molar-refractivity contribution >= 4 is 27.7 Å². The van der Waals surface area contributed by atoms with Crippen LogP contribution in [0.15, 0.2) is 41.3 Å². The molecule has 0 aromatic heterocycles. The summed E-state index contributed by atoms with van der Waals surface area (Å²) >= 11 is 5.94. The number of sulfonamides is 1. The Bertz CT molecular complexity index is 933. The van der Waals surface area contributed by atoms with Gasteiger partial charge in [0.25, 0.3) is 0 Å². The molecule has 1 unspecified atom stereocenters. The average Bonchev–Trinajstić information content (AvgIpc) is 2.92. The molecule has 0 spiro atoms. The van der Waals surface area contributed by atoms with Gasteiger partial charge in [-0.25, -0.2) is 22.7 Å². The number of halogens is 2. The lowest BCUT2D eigenvalue weighted by molar-refractivity contribution is 0.176. The van der Waals surface area contributed by atoms with Crippen LogP contribution in [-0.2, 0) is 14.8 Å². The zero-order chi connectivity index (χ0) is 17.5. The van der Waals surface area contributed by atoms with Crippen molar-refractivity contribution in [3.63, 3.8) is 0 Å². The van der Waals surface area contributed by atoms with Gasteiger partial charge in [0.05, 0.1) is 11.1 Å². The van der Waals surface area contributed by atoms with Crippen molar-refractivity contribution in [2.45, 2.75) is 10.9 Å². The molecule has 0 saturated carbocycles. The first kappa shape index (κ1) is 16.7. The standard InChI is InChI=1S/C15H12ClFN2O4S/c16-11-5-8(2-4-14(11)24(18,21)22)9-1-3-10(12(17)6-9)13-7-23-15(20)19-13/h1-6,13H,7H2,(H,19,20)(H2,18,21,22). The van der Waals surface area contributed by atoms with Crippen molar-refractivity contribution in [3.8, 4) is 11.1 Å². The Morgan fingerprint density at radius 2 is 1.88 bits per heavy atom. The molecule has 9 heteroatoms. The van der Waals surface area contributed by atoms with Gasteiger partial charge in [-0.2, -0.15) is 0 Å². The van der Waals surface area contributed by atoms with E-state index < -0.39 is 28.0 Å².